The van der Waals surface area contributed by atoms with Crippen molar-refractivity contribution in [3.63, 3.8) is 0 Å². The van der Waals surface area contributed by atoms with Gasteiger partial charge in [-0.3, -0.25) is 4.99 Å². The molecule has 0 aliphatic rings. The fraction of sp³-hybridized carbons (Fsp3) is 0.632. The van der Waals surface area contributed by atoms with Gasteiger partial charge < -0.3 is 20.5 Å². The Labute approximate surface area is 146 Å². The molecule has 5 heteroatoms. The number of aliphatic imine (C=N–C) groups is 1. The zero-order valence-corrected chi connectivity index (χ0v) is 15.6. The van der Waals surface area contributed by atoms with E-state index >= 15 is 0 Å². The summed E-state index contributed by atoms with van der Waals surface area (Å²) >= 11 is 0. The Morgan fingerprint density at radius 3 is 2.75 bits per heavy atom. The van der Waals surface area contributed by atoms with Crippen LogP contribution in [0.1, 0.15) is 52.0 Å². The minimum absolute atomic E-state index is 0.167. The Morgan fingerprint density at radius 2 is 2.08 bits per heavy atom. The van der Waals surface area contributed by atoms with Crippen LogP contribution in [0.15, 0.2) is 23.2 Å². The van der Waals surface area contributed by atoms with Crippen molar-refractivity contribution in [1.82, 2.24) is 10.6 Å². The number of phenols is 1. The van der Waals surface area contributed by atoms with Crippen molar-refractivity contribution in [2.24, 2.45) is 4.99 Å². The van der Waals surface area contributed by atoms with E-state index in [1.165, 1.54) is 19.3 Å². The maximum absolute atomic E-state index is 9.63. The lowest BCUT2D eigenvalue weighted by Crippen LogP contribution is -2.42. The van der Waals surface area contributed by atoms with Crippen LogP contribution in [0.2, 0.25) is 0 Å². The molecule has 1 aromatic carbocycles. The summed E-state index contributed by atoms with van der Waals surface area (Å²) in [4.78, 5) is 4.65. The molecule has 5 nitrogen and oxygen atoms in total. The van der Waals surface area contributed by atoms with Gasteiger partial charge in [-0.1, -0.05) is 32.3 Å². The molecule has 24 heavy (non-hydrogen) atoms. The van der Waals surface area contributed by atoms with Gasteiger partial charge in [-0.05, 0) is 44.4 Å². The average molecular weight is 335 g/mol. The number of aromatic hydroxyl groups is 1. The monoisotopic (exact) mass is 335 g/mol. The average Bonchev–Trinajstić information content (AvgIpc) is 2.56. The van der Waals surface area contributed by atoms with Crippen molar-refractivity contribution in [3.8, 4) is 11.5 Å². The zero-order chi connectivity index (χ0) is 17.8. The minimum Gasteiger partial charge on any atom is -0.504 e. The molecule has 0 bridgehead atoms. The van der Waals surface area contributed by atoms with Gasteiger partial charge >= 0.3 is 0 Å². The van der Waals surface area contributed by atoms with Crippen LogP contribution in [0.3, 0.4) is 0 Å². The molecule has 0 heterocycles. The highest BCUT2D eigenvalue weighted by Crippen LogP contribution is 2.26. The SMILES string of the molecule is CCCCCC(C)NC(=NCCc1ccc(O)c(OC)c1)NCC. The lowest BCUT2D eigenvalue weighted by Gasteiger charge is -2.17. The molecule has 0 amide bonds. The first-order valence-electron chi connectivity index (χ1n) is 9.01. The Kier molecular flexibility index (Phi) is 9.73. The van der Waals surface area contributed by atoms with Gasteiger partial charge in [0.25, 0.3) is 0 Å². The summed E-state index contributed by atoms with van der Waals surface area (Å²) < 4.78 is 5.14. The van der Waals surface area contributed by atoms with Gasteiger partial charge in [-0.2, -0.15) is 0 Å². The van der Waals surface area contributed by atoms with E-state index in [1.807, 2.05) is 12.1 Å². The molecular weight excluding hydrogens is 302 g/mol. The first kappa shape index (κ1) is 20.1. The lowest BCUT2D eigenvalue weighted by molar-refractivity contribution is 0.373. The van der Waals surface area contributed by atoms with Crippen LogP contribution in [0.25, 0.3) is 0 Å². The van der Waals surface area contributed by atoms with Gasteiger partial charge in [0.1, 0.15) is 0 Å². The number of methoxy groups -OCH3 is 1. The fourth-order valence-electron chi connectivity index (χ4n) is 2.50. The van der Waals surface area contributed by atoms with Gasteiger partial charge in [0.2, 0.25) is 0 Å². The van der Waals surface area contributed by atoms with Crippen molar-refractivity contribution in [3.05, 3.63) is 23.8 Å². The summed E-state index contributed by atoms with van der Waals surface area (Å²) in [5, 5.41) is 16.4. The highest BCUT2D eigenvalue weighted by molar-refractivity contribution is 5.80. The van der Waals surface area contributed by atoms with Crippen LogP contribution in [0, 0.1) is 0 Å². The predicted molar refractivity (Wildman–Crippen MR) is 101 cm³/mol. The molecule has 1 rings (SSSR count). The number of hydrogen-bond acceptors (Lipinski definition) is 3. The van der Waals surface area contributed by atoms with E-state index in [4.69, 9.17) is 4.74 Å². The number of nitrogens with zero attached hydrogens (tertiary/aromatic N) is 1. The molecule has 1 unspecified atom stereocenters. The summed E-state index contributed by atoms with van der Waals surface area (Å²) in [5.74, 6) is 1.54. The maximum Gasteiger partial charge on any atom is 0.191 e. The Hall–Kier alpha value is -1.91. The largest absolute Gasteiger partial charge is 0.504 e. The molecule has 3 N–H and O–H groups in total. The standard InChI is InChI=1S/C19H33N3O2/c1-5-7-8-9-15(3)22-19(20-6-2)21-13-12-16-10-11-17(23)18(14-16)24-4/h10-11,14-15,23H,5-9,12-13H2,1-4H3,(H2,20,21,22). The van der Waals surface area contributed by atoms with Gasteiger partial charge in [0, 0.05) is 19.1 Å². The number of phenolic OH excluding ortho intramolecular Hbond substituents is 1. The number of rotatable bonds is 10. The van der Waals surface area contributed by atoms with Gasteiger partial charge in [0.05, 0.1) is 7.11 Å². The zero-order valence-electron chi connectivity index (χ0n) is 15.6. The second kappa shape index (κ2) is 11.6. The minimum atomic E-state index is 0.167. The van der Waals surface area contributed by atoms with E-state index in [2.05, 4.69) is 36.4 Å². The summed E-state index contributed by atoms with van der Waals surface area (Å²) in [5.41, 5.74) is 1.10. The molecule has 136 valence electrons. The summed E-state index contributed by atoms with van der Waals surface area (Å²) in [6.07, 6.45) is 5.74. The number of ether oxygens (including phenoxy) is 1. The third kappa shape index (κ3) is 7.57. The van der Waals surface area contributed by atoms with Crippen LogP contribution < -0.4 is 15.4 Å². The van der Waals surface area contributed by atoms with Crippen LogP contribution in [0.4, 0.5) is 0 Å². The Morgan fingerprint density at radius 1 is 1.29 bits per heavy atom. The van der Waals surface area contributed by atoms with Crippen LogP contribution in [-0.2, 0) is 6.42 Å². The van der Waals surface area contributed by atoms with E-state index in [9.17, 15) is 5.11 Å². The van der Waals surface area contributed by atoms with Crippen LogP contribution >= 0.6 is 0 Å². The molecular formula is C19H33N3O2. The Balaban J connectivity index is 2.53. The number of nitrogens with one attached hydrogen (secondary N) is 2. The molecule has 0 aliphatic carbocycles. The normalized spacial score (nSPS) is 12.8. The summed E-state index contributed by atoms with van der Waals surface area (Å²) in [6.45, 7) is 8.03. The summed E-state index contributed by atoms with van der Waals surface area (Å²) in [6, 6.07) is 5.85. The molecule has 0 spiro atoms. The first-order chi connectivity index (χ1) is 11.6. The Bertz CT molecular complexity index is 503. The predicted octanol–water partition coefficient (Wildman–Crippen LogP) is 3.47. The molecule has 0 fully saturated rings. The highest BCUT2D eigenvalue weighted by Gasteiger charge is 2.05. The third-order valence-corrected chi connectivity index (χ3v) is 3.88. The maximum atomic E-state index is 9.63. The van der Waals surface area contributed by atoms with E-state index in [0.717, 1.165) is 30.9 Å². The molecule has 1 aromatic rings. The van der Waals surface area contributed by atoms with Crippen LogP contribution in [-0.4, -0.2) is 37.3 Å². The summed E-state index contributed by atoms with van der Waals surface area (Å²) in [7, 11) is 1.56. The van der Waals surface area contributed by atoms with Gasteiger partial charge in [-0.25, -0.2) is 0 Å². The van der Waals surface area contributed by atoms with Crippen molar-refractivity contribution in [2.75, 3.05) is 20.2 Å². The quantitative estimate of drug-likeness (QED) is 0.348. The van der Waals surface area contributed by atoms with Gasteiger partial charge in [0.15, 0.2) is 17.5 Å². The van der Waals surface area contributed by atoms with Crippen molar-refractivity contribution < 1.29 is 9.84 Å². The van der Waals surface area contributed by atoms with Crippen molar-refractivity contribution in [2.45, 2.75) is 58.9 Å². The molecule has 0 saturated heterocycles. The van der Waals surface area contributed by atoms with Crippen molar-refractivity contribution >= 4 is 5.96 Å². The second-order valence-corrected chi connectivity index (χ2v) is 6.06. The van der Waals surface area contributed by atoms with Crippen LogP contribution in [0.5, 0.6) is 11.5 Å². The lowest BCUT2D eigenvalue weighted by atomic mass is 10.1. The topological polar surface area (TPSA) is 65.9 Å². The van der Waals surface area contributed by atoms with E-state index < -0.39 is 0 Å². The number of benzene rings is 1. The number of guanidine groups is 1. The number of hydrogen-bond donors (Lipinski definition) is 3. The van der Waals surface area contributed by atoms with E-state index in [-0.39, 0.29) is 5.75 Å². The molecule has 0 aliphatic heterocycles. The molecule has 0 aromatic heterocycles. The smallest absolute Gasteiger partial charge is 0.191 e. The van der Waals surface area contributed by atoms with Gasteiger partial charge in [-0.15, -0.1) is 0 Å². The second-order valence-electron chi connectivity index (χ2n) is 6.06. The molecule has 0 radical (unpaired) electrons. The first-order valence-corrected chi connectivity index (χ1v) is 9.01. The number of unbranched alkanes of at least 4 members (excludes halogenated alkanes) is 2. The highest BCUT2D eigenvalue weighted by atomic mass is 16.5. The molecule has 0 saturated carbocycles. The molecule has 1 atom stereocenters. The third-order valence-electron chi connectivity index (χ3n) is 3.88. The van der Waals surface area contributed by atoms with E-state index in [1.54, 1.807) is 13.2 Å². The van der Waals surface area contributed by atoms with E-state index in [0.29, 0.717) is 18.3 Å². The fourth-order valence-corrected chi connectivity index (χ4v) is 2.50. The van der Waals surface area contributed by atoms with Crippen molar-refractivity contribution in [1.29, 1.82) is 0 Å².